The number of fused-ring (bicyclic) bond motifs is 15. The van der Waals surface area contributed by atoms with Crippen molar-refractivity contribution in [3.8, 4) is 27.9 Å². The lowest BCUT2D eigenvalue weighted by molar-refractivity contribution is 0.660. The Hall–Kier alpha value is -6.12. The quantitative estimate of drug-likeness (QED) is 0.187. The number of hydrogen-bond acceptors (Lipinski definition) is 1. The summed E-state index contributed by atoms with van der Waals surface area (Å²) in [5.41, 5.74) is 13.1. The van der Waals surface area contributed by atoms with Crippen LogP contribution < -0.4 is 0 Å². The van der Waals surface area contributed by atoms with Gasteiger partial charge in [-0.2, -0.15) is 0 Å². The number of nitrogens with zero attached hydrogens (tertiary/aromatic N) is 1. The molecule has 11 rings (SSSR count). The second-order valence-corrected chi connectivity index (χ2v) is 14.0. The van der Waals surface area contributed by atoms with E-state index in [-0.39, 0.29) is 5.41 Å². The molecule has 49 heavy (non-hydrogen) atoms. The van der Waals surface area contributed by atoms with Gasteiger partial charge < -0.3 is 8.98 Å². The average molecular weight is 626 g/mol. The van der Waals surface area contributed by atoms with Gasteiger partial charge in [0.1, 0.15) is 11.2 Å². The molecular formula is C47H31NO. The molecule has 1 aliphatic rings. The summed E-state index contributed by atoms with van der Waals surface area (Å²) in [6, 6.07) is 55.4. The highest BCUT2D eigenvalue weighted by Crippen LogP contribution is 2.52. The van der Waals surface area contributed by atoms with Crippen molar-refractivity contribution in [2.75, 3.05) is 0 Å². The zero-order valence-corrected chi connectivity index (χ0v) is 27.3. The standard InChI is InChI=1S/C47H31NO/c1-47(2)38-22-11-10-17-33(38)34-25-23-29(27-39(34)47)32-20-12-21-37-42-43-41-31-16-7-6-13-28(31)24-26-40(41)48(30-14-4-3-5-15-30)44(43)35-18-8-9-19-36(35)46(42)49-45(32)37/h3-27H,1-2H3. The molecule has 0 bridgehead atoms. The first-order valence-corrected chi connectivity index (χ1v) is 17.1. The number of para-hydroxylation sites is 2. The predicted molar refractivity (Wildman–Crippen MR) is 206 cm³/mol. The Morgan fingerprint density at radius 2 is 1.16 bits per heavy atom. The van der Waals surface area contributed by atoms with Gasteiger partial charge in [0.25, 0.3) is 0 Å². The summed E-state index contributed by atoms with van der Waals surface area (Å²) in [4.78, 5) is 0. The van der Waals surface area contributed by atoms with Gasteiger partial charge in [0.15, 0.2) is 0 Å². The van der Waals surface area contributed by atoms with Crippen molar-refractivity contribution in [3.63, 3.8) is 0 Å². The molecule has 0 spiro atoms. The van der Waals surface area contributed by atoms with Crippen LogP contribution in [0, 0.1) is 0 Å². The van der Waals surface area contributed by atoms with Crippen LogP contribution in [0.2, 0.25) is 0 Å². The van der Waals surface area contributed by atoms with Crippen molar-refractivity contribution < 1.29 is 4.42 Å². The van der Waals surface area contributed by atoms with E-state index in [0.717, 1.165) is 33.2 Å². The Morgan fingerprint density at radius 1 is 0.469 bits per heavy atom. The van der Waals surface area contributed by atoms with Gasteiger partial charge in [-0.1, -0.05) is 141 Å². The number of furan rings is 1. The average Bonchev–Trinajstić information content (AvgIpc) is 3.78. The largest absolute Gasteiger partial charge is 0.455 e. The minimum absolute atomic E-state index is 0.0770. The molecule has 8 aromatic carbocycles. The molecule has 10 aromatic rings. The van der Waals surface area contributed by atoms with Gasteiger partial charge in [0, 0.05) is 49.0 Å². The van der Waals surface area contributed by atoms with E-state index in [4.69, 9.17) is 4.42 Å². The number of rotatable bonds is 2. The smallest absolute Gasteiger partial charge is 0.144 e. The molecule has 1 aliphatic carbocycles. The fraction of sp³-hybridized carbons (Fsp3) is 0.0638. The minimum atomic E-state index is -0.0770. The van der Waals surface area contributed by atoms with Crippen molar-refractivity contribution in [1.82, 2.24) is 4.57 Å². The van der Waals surface area contributed by atoms with Gasteiger partial charge in [-0.15, -0.1) is 0 Å². The van der Waals surface area contributed by atoms with Crippen LogP contribution in [-0.2, 0) is 5.41 Å². The Morgan fingerprint density at radius 3 is 2.04 bits per heavy atom. The molecule has 2 heteroatoms. The maximum Gasteiger partial charge on any atom is 0.144 e. The van der Waals surface area contributed by atoms with E-state index in [1.165, 1.54) is 71.2 Å². The van der Waals surface area contributed by atoms with Crippen LogP contribution in [0.15, 0.2) is 156 Å². The zero-order valence-electron chi connectivity index (χ0n) is 27.3. The third kappa shape index (κ3) is 3.45. The number of benzene rings is 8. The molecular weight excluding hydrogens is 595 g/mol. The second-order valence-electron chi connectivity index (χ2n) is 14.0. The molecule has 0 fully saturated rings. The summed E-state index contributed by atoms with van der Waals surface area (Å²) in [7, 11) is 0. The third-order valence-corrected chi connectivity index (χ3v) is 11.2. The van der Waals surface area contributed by atoms with Crippen LogP contribution >= 0.6 is 0 Å². The monoisotopic (exact) mass is 625 g/mol. The fourth-order valence-corrected chi connectivity index (χ4v) is 8.95. The lowest BCUT2D eigenvalue weighted by atomic mass is 9.81. The summed E-state index contributed by atoms with van der Waals surface area (Å²) in [6.07, 6.45) is 0. The second kappa shape index (κ2) is 9.49. The van der Waals surface area contributed by atoms with Gasteiger partial charge in [0.05, 0.1) is 11.0 Å². The van der Waals surface area contributed by atoms with Crippen molar-refractivity contribution >= 4 is 65.3 Å². The summed E-state index contributed by atoms with van der Waals surface area (Å²) >= 11 is 0. The summed E-state index contributed by atoms with van der Waals surface area (Å²) in [5.74, 6) is 0. The first-order valence-electron chi connectivity index (χ1n) is 17.1. The van der Waals surface area contributed by atoms with Crippen LogP contribution in [0.4, 0.5) is 0 Å². The summed E-state index contributed by atoms with van der Waals surface area (Å²) in [6.45, 7) is 4.69. The van der Waals surface area contributed by atoms with Gasteiger partial charge >= 0.3 is 0 Å². The van der Waals surface area contributed by atoms with Gasteiger partial charge in [-0.3, -0.25) is 0 Å². The number of hydrogen-bond donors (Lipinski definition) is 0. The molecule has 0 atom stereocenters. The highest BCUT2D eigenvalue weighted by molar-refractivity contribution is 6.39. The van der Waals surface area contributed by atoms with Gasteiger partial charge in [-0.25, -0.2) is 0 Å². The molecule has 0 amide bonds. The maximum absolute atomic E-state index is 7.16. The van der Waals surface area contributed by atoms with Crippen molar-refractivity contribution in [3.05, 3.63) is 163 Å². The summed E-state index contributed by atoms with van der Waals surface area (Å²) < 4.78 is 9.62. The molecule has 0 unspecified atom stereocenters. The zero-order chi connectivity index (χ0) is 32.4. The molecule has 2 aromatic heterocycles. The summed E-state index contributed by atoms with van der Waals surface area (Å²) in [5, 5.41) is 9.63. The van der Waals surface area contributed by atoms with Crippen LogP contribution in [0.3, 0.4) is 0 Å². The Bertz CT molecular complexity index is 3010. The van der Waals surface area contributed by atoms with Crippen LogP contribution in [0.25, 0.3) is 93.2 Å². The maximum atomic E-state index is 7.16. The lowest BCUT2D eigenvalue weighted by Gasteiger charge is -2.22. The number of aromatic nitrogens is 1. The first-order chi connectivity index (χ1) is 24.1. The molecule has 0 aliphatic heterocycles. The Balaban J connectivity index is 1.31. The lowest BCUT2D eigenvalue weighted by Crippen LogP contribution is -2.14. The van der Waals surface area contributed by atoms with E-state index in [2.05, 4.69) is 170 Å². The van der Waals surface area contributed by atoms with Gasteiger partial charge in [-0.05, 0) is 62.9 Å². The van der Waals surface area contributed by atoms with Crippen LogP contribution in [0.1, 0.15) is 25.0 Å². The van der Waals surface area contributed by atoms with Crippen molar-refractivity contribution in [2.45, 2.75) is 19.3 Å². The third-order valence-electron chi connectivity index (χ3n) is 11.2. The van der Waals surface area contributed by atoms with Crippen molar-refractivity contribution in [2.24, 2.45) is 0 Å². The topological polar surface area (TPSA) is 18.1 Å². The van der Waals surface area contributed by atoms with E-state index in [0.29, 0.717) is 0 Å². The van der Waals surface area contributed by atoms with E-state index in [9.17, 15) is 0 Å². The molecule has 2 nitrogen and oxygen atoms in total. The van der Waals surface area contributed by atoms with Crippen molar-refractivity contribution in [1.29, 1.82) is 0 Å². The van der Waals surface area contributed by atoms with E-state index < -0.39 is 0 Å². The molecule has 2 heterocycles. The molecule has 230 valence electrons. The SMILES string of the molecule is CC1(C)c2ccccc2-c2ccc(-c3cccc4c3oc3c5ccccc5c5c(c43)c3c4ccccc4ccc3n5-c3ccccc3)cc21. The van der Waals surface area contributed by atoms with E-state index >= 15 is 0 Å². The molecule has 0 saturated heterocycles. The normalized spacial score (nSPS) is 13.7. The Labute approximate surface area is 283 Å². The Kier molecular flexibility index (Phi) is 5.21. The molecule has 0 saturated carbocycles. The van der Waals surface area contributed by atoms with Crippen LogP contribution in [-0.4, -0.2) is 4.57 Å². The first kappa shape index (κ1) is 26.9. The molecule has 0 N–H and O–H groups in total. The van der Waals surface area contributed by atoms with Gasteiger partial charge in [0.2, 0.25) is 0 Å². The van der Waals surface area contributed by atoms with E-state index in [1.54, 1.807) is 0 Å². The van der Waals surface area contributed by atoms with E-state index in [1.807, 2.05) is 0 Å². The highest BCUT2D eigenvalue weighted by atomic mass is 16.3. The predicted octanol–water partition coefficient (Wildman–Crippen LogP) is 13.0. The van der Waals surface area contributed by atoms with Crippen LogP contribution in [0.5, 0.6) is 0 Å². The fourth-order valence-electron chi connectivity index (χ4n) is 8.95. The molecule has 0 radical (unpaired) electrons. The highest BCUT2D eigenvalue weighted by Gasteiger charge is 2.35. The minimum Gasteiger partial charge on any atom is -0.455 e.